The molecule has 0 spiro atoms. The van der Waals surface area contributed by atoms with Crippen molar-refractivity contribution in [3.8, 4) is 17.0 Å². The lowest BCUT2D eigenvalue weighted by molar-refractivity contribution is -0.113. The van der Waals surface area contributed by atoms with Crippen molar-refractivity contribution < 1.29 is 9.53 Å². The molecule has 8 heteroatoms. The van der Waals surface area contributed by atoms with Gasteiger partial charge in [-0.25, -0.2) is 0 Å². The zero-order chi connectivity index (χ0) is 19.2. The van der Waals surface area contributed by atoms with Gasteiger partial charge in [-0.15, -0.1) is 10.2 Å². The average molecular weight is 420 g/mol. The Balaban J connectivity index is 1.59. The summed E-state index contributed by atoms with van der Waals surface area (Å²) in [7, 11) is 1.62. The summed E-state index contributed by atoms with van der Waals surface area (Å²) in [5, 5.41) is 12.7. The van der Waals surface area contributed by atoms with Gasteiger partial charge in [-0.1, -0.05) is 47.1 Å². The molecule has 138 valence electrons. The van der Waals surface area contributed by atoms with Crippen LogP contribution in [0.1, 0.15) is 0 Å². The Labute approximate surface area is 171 Å². The number of benzene rings is 2. The lowest BCUT2D eigenvalue weighted by atomic mass is 10.1. The van der Waals surface area contributed by atoms with E-state index in [9.17, 15) is 4.79 Å². The van der Waals surface area contributed by atoms with Crippen molar-refractivity contribution in [2.75, 3.05) is 18.2 Å². The smallest absolute Gasteiger partial charge is 0.234 e. The molecule has 1 aromatic heterocycles. The molecule has 3 rings (SSSR count). The molecule has 1 N–H and O–H groups in total. The first kappa shape index (κ1) is 19.5. The number of carbonyl (C=O) groups excluding carboxylic acids is 1. The standard InChI is InChI=1S/C19H15Cl2N3O2S/c1-26-14-4-2-3-12(9-14)16-7-8-19(24-23-16)27-11-18(25)22-17-10-13(20)5-6-15(17)21/h2-10H,11H2,1H3,(H,22,25). The topological polar surface area (TPSA) is 64.1 Å². The third kappa shape index (κ3) is 5.35. The van der Waals surface area contributed by atoms with E-state index in [0.717, 1.165) is 17.0 Å². The van der Waals surface area contributed by atoms with Crippen LogP contribution in [0.4, 0.5) is 5.69 Å². The fourth-order valence-electron chi connectivity index (χ4n) is 2.25. The molecule has 3 aromatic rings. The number of hydrogen-bond acceptors (Lipinski definition) is 5. The molecule has 0 aliphatic carbocycles. The van der Waals surface area contributed by atoms with Gasteiger partial charge < -0.3 is 10.1 Å². The van der Waals surface area contributed by atoms with Crippen LogP contribution in [-0.4, -0.2) is 29.0 Å². The molecule has 1 amide bonds. The van der Waals surface area contributed by atoms with Crippen LogP contribution in [0.3, 0.4) is 0 Å². The lowest BCUT2D eigenvalue weighted by Gasteiger charge is -2.07. The van der Waals surface area contributed by atoms with Crippen LogP contribution >= 0.6 is 35.0 Å². The largest absolute Gasteiger partial charge is 0.497 e. The predicted molar refractivity (Wildman–Crippen MR) is 110 cm³/mol. The van der Waals surface area contributed by atoms with Crippen molar-refractivity contribution in [3.05, 3.63) is 64.6 Å². The van der Waals surface area contributed by atoms with Gasteiger partial charge in [0.25, 0.3) is 0 Å². The molecular formula is C19H15Cl2N3O2S. The first-order chi connectivity index (χ1) is 13.0. The highest BCUT2D eigenvalue weighted by Gasteiger charge is 2.09. The molecule has 0 saturated heterocycles. The molecule has 0 aliphatic heterocycles. The van der Waals surface area contributed by atoms with E-state index in [1.54, 1.807) is 25.3 Å². The van der Waals surface area contributed by atoms with Gasteiger partial charge in [0.2, 0.25) is 5.91 Å². The highest BCUT2D eigenvalue weighted by molar-refractivity contribution is 7.99. The monoisotopic (exact) mass is 419 g/mol. The molecule has 0 aliphatic rings. The van der Waals surface area contributed by atoms with Gasteiger partial charge in [0.1, 0.15) is 10.8 Å². The van der Waals surface area contributed by atoms with Gasteiger partial charge in [0.05, 0.1) is 29.3 Å². The number of halogens is 2. The number of amides is 1. The van der Waals surface area contributed by atoms with E-state index in [2.05, 4.69) is 15.5 Å². The number of aromatic nitrogens is 2. The Bertz CT molecular complexity index is 952. The Morgan fingerprint density at radius 2 is 1.96 bits per heavy atom. The fraction of sp³-hybridized carbons (Fsp3) is 0.105. The number of thioether (sulfide) groups is 1. The minimum atomic E-state index is -0.206. The van der Waals surface area contributed by atoms with Crippen molar-refractivity contribution in [1.29, 1.82) is 0 Å². The third-order valence-corrected chi connectivity index (χ3v) is 5.04. The van der Waals surface area contributed by atoms with E-state index in [1.165, 1.54) is 11.8 Å². The van der Waals surface area contributed by atoms with Crippen molar-refractivity contribution in [2.45, 2.75) is 5.03 Å². The molecule has 0 bridgehead atoms. The van der Waals surface area contributed by atoms with Crippen LogP contribution in [0, 0.1) is 0 Å². The maximum absolute atomic E-state index is 12.1. The molecule has 0 fully saturated rings. The summed E-state index contributed by atoms with van der Waals surface area (Å²) in [5.41, 5.74) is 2.12. The second-order valence-electron chi connectivity index (χ2n) is 5.45. The van der Waals surface area contributed by atoms with Crippen LogP contribution in [0.25, 0.3) is 11.3 Å². The van der Waals surface area contributed by atoms with Gasteiger partial charge in [0.15, 0.2) is 0 Å². The Morgan fingerprint density at radius 1 is 1.11 bits per heavy atom. The number of anilines is 1. The number of carbonyl (C=O) groups is 1. The van der Waals surface area contributed by atoms with E-state index < -0.39 is 0 Å². The number of rotatable bonds is 6. The van der Waals surface area contributed by atoms with Crippen molar-refractivity contribution in [1.82, 2.24) is 10.2 Å². The van der Waals surface area contributed by atoms with Gasteiger partial charge in [-0.05, 0) is 42.5 Å². The summed E-state index contributed by atoms with van der Waals surface area (Å²) < 4.78 is 5.22. The minimum absolute atomic E-state index is 0.177. The zero-order valence-electron chi connectivity index (χ0n) is 14.3. The van der Waals surface area contributed by atoms with Gasteiger partial charge >= 0.3 is 0 Å². The normalized spacial score (nSPS) is 10.5. The lowest BCUT2D eigenvalue weighted by Crippen LogP contribution is -2.14. The van der Waals surface area contributed by atoms with Crippen LogP contribution in [-0.2, 0) is 4.79 Å². The Hall–Kier alpha value is -2.28. The van der Waals surface area contributed by atoms with Crippen LogP contribution < -0.4 is 10.1 Å². The molecule has 27 heavy (non-hydrogen) atoms. The van der Waals surface area contributed by atoms with Crippen molar-refractivity contribution >= 4 is 46.6 Å². The second-order valence-corrected chi connectivity index (χ2v) is 7.29. The first-order valence-corrected chi connectivity index (χ1v) is 9.65. The summed E-state index contributed by atoms with van der Waals surface area (Å²) in [6, 6.07) is 16.2. The van der Waals surface area contributed by atoms with E-state index in [0.29, 0.717) is 20.8 Å². The first-order valence-electron chi connectivity index (χ1n) is 7.91. The van der Waals surface area contributed by atoms with E-state index in [1.807, 2.05) is 36.4 Å². The van der Waals surface area contributed by atoms with E-state index in [4.69, 9.17) is 27.9 Å². The quantitative estimate of drug-likeness (QED) is 0.556. The molecule has 0 unspecified atom stereocenters. The summed E-state index contributed by atoms with van der Waals surface area (Å²) in [4.78, 5) is 12.1. The molecule has 0 atom stereocenters. The summed E-state index contributed by atoms with van der Waals surface area (Å²) in [6.07, 6.45) is 0. The zero-order valence-corrected chi connectivity index (χ0v) is 16.6. The van der Waals surface area contributed by atoms with Gasteiger partial charge in [-0.3, -0.25) is 4.79 Å². The Morgan fingerprint density at radius 3 is 2.70 bits per heavy atom. The summed E-state index contributed by atoms with van der Waals surface area (Å²) >= 11 is 13.2. The molecular weight excluding hydrogens is 405 g/mol. The number of methoxy groups -OCH3 is 1. The van der Waals surface area contributed by atoms with Crippen LogP contribution in [0.2, 0.25) is 10.0 Å². The van der Waals surface area contributed by atoms with E-state index in [-0.39, 0.29) is 11.7 Å². The summed E-state index contributed by atoms with van der Waals surface area (Å²) in [5.74, 6) is 0.725. The molecule has 2 aromatic carbocycles. The van der Waals surface area contributed by atoms with Crippen molar-refractivity contribution in [2.24, 2.45) is 0 Å². The summed E-state index contributed by atoms with van der Waals surface area (Å²) in [6.45, 7) is 0. The van der Waals surface area contributed by atoms with Gasteiger partial charge in [-0.2, -0.15) is 0 Å². The molecule has 1 heterocycles. The predicted octanol–water partition coefficient (Wildman–Crippen LogP) is 5.19. The van der Waals surface area contributed by atoms with Crippen molar-refractivity contribution in [3.63, 3.8) is 0 Å². The SMILES string of the molecule is COc1cccc(-c2ccc(SCC(=O)Nc3cc(Cl)ccc3Cl)nn2)c1. The molecule has 5 nitrogen and oxygen atoms in total. The second kappa shape index (κ2) is 9.08. The minimum Gasteiger partial charge on any atom is -0.497 e. The maximum Gasteiger partial charge on any atom is 0.234 e. The fourth-order valence-corrected chi connectivity index (χ4v) is 3.20. The van der Waals surface area contributed by atoms with Gasteiger partial charge in [0, 0.05) is 10.6 Å². The maximum atomic E-state index is 12.1. The molecule has 0 saturated carbocycles. The third-order valence-electron chi connectivity index (χ3n) is 3.56. The average Bonchev–Trinajstić information content (AvgIpc) is 2.69. The van der Waals surface area contributed by atoms with E-state index >= 15 is 0 Å². The highest BCUT2D eigenvalue weighted by Crippen LogP contribution is 2.26. The van der Waals surface area contributed by atoms with Crippen LogP contribution in [0.5, 0.6) is 5.75 Å². The Kier molecular flexibility index (Phi) is 6.55. The number of nitrogens with one attached hydrogen (secondary N) is 1. The number of nitrogens with zero attached hydrogens (tertiary/aromatic N) is 2. The highest BCUT2D eigenvalue weighted by atomic mass is 35.5. The number of ether oxygens (including phenoxy) is 1. The van der Waals surface area contributed by atoms with Crippen LogP contribution in [0.15, 0.2) is 59.6 Å². The number of hydrogen-bond donors (Lipinski definition) is 1. The molecule has 0 radical (unpaired) electrons.